The number of piperidine rings is 1. The van der Waals surface area contributed by atoms with Gasteiger partial charge in [0.25, 0.3) is 5.91 Å². The molecule has 1 fully saturated rings. The predicted octanol–water partition coefficient (Wildman–Crippen LogP) is 4.71. The Morgan fingerprint density at radius 2 is 1.77 bits per heavy atom. The van der Waals surface area contributed by atoms with E-state index < -0.39 is 0 Å². The molecule has 2 heterocycles. The maximum absolute atomic E-state index is 13.1. The second-order valence-corrected chi connectivity index (χ2v) is 7.65. The van der Waals surface area contributed by atoms with Crippen LogP contribution >= 0.6 is 0 Å². The van der Waals surface area contributed by atoms with E-state index >= 15 is 0 Å². The van der Waals surface area contributed by atoms with E-state index in [1.54, 1.807) is 41.3 Å². The van der Waals surface area contributed by atoms with E-state index in [9.17, 15) is 9.18 Å². The number of carbonyl (C=O) groups excluding carboxylic acids is 1. The normalized spacial score (nSPS) is 16.1. The van der Waals surface area contributed by atoms with Crippen LogP contribution in [0, 0.1) is 19.7 Å². The number of likely N-dealkylation sites (tertiary alicyclic amines) is 1. The minimum atomic E-state index is -0.329. The Hall–Kier alpha value is -3.48. The molecule has 3 aromatic rings. The van der Waals surface area contributed by atoms with Crippen molar-refractivity contribution in [3.8, 4) is 17.5 Å². The molecule has 31 heavy (non-hydrogen) atoms. The van der Waals surface area contributed by atoms with Crippen LogP contribution in [0.3, 0.4) is 0 Å². The van der Waals surface area contributed by atoms with Gasteiger partial charge in [0, 0.05) is 23.5 Å². The SMILES string of the molecule is Cc1cc(C)nc(OC2CCCN(C(=O)c3cccc(Oc4ccc(F)cc4)c3)C2)n1. The Kier molecular flexibility index (Phi) is 6.11. The minimum Gasteiger partial charge on any atom is -0.458 e. The van der Waals surface area contributed by atoms with Gasteiger partial charge in [0.15, 0.2) is 0 Å². The number of halogens is 1. The smallest absolute Gasteiger partial charge is 0.317 e. The van der Waals surface area contributed by atoms with Gasteiger partial charge in [-0.15, -0.1) is 0 Å². The van der Waals surface area contributed by atoms with Gasteiger partial charge in [-0.2, -0.15) is 0 Å². The molecule has 1 aromatic heterocycles. The summed E-state index contributed by atoms with van der Waals surface area (Å²) in [5, 5.41) is 0. The molecule has 1 atom stereocenters. The molecule has 0 aliphatic carbocycles. The largest absolute Gasteiger partial charge is 0.458 e. The van der Waals surface area contributed by atoms with Gasteiger partial charge >= 0.3 is 6.01 Å². The highest BCUT2D eigenvalue weighted by Gasteiger charge is 2.26. The summed E-state index contributed by atoms with van der Waals surface area (Å²) in [6, 6.07) is 15.0. The fraction of sp³-hybridized carbons (Fsp3) is 0.292. The molecule has 1 saturated heterocycles. The van der Waals surface area contributed by atoms with Gasteiger partial charge < -0.3 is 14.4 Å². The molecule has 0 bridgehead atoms. The van der Waals surface area contributed by atoms with Crippen LogP contribution < -0.4 is 9.47 Å². The predicted molar refractivity (Wildman–Crippen MR) is 114 cm³/mol. The molecule has 0 N–H and O–H groups in total. The standard InChI is InChI=1S/C24H24FN3O3/c1-16-13-17(2)27-24(26-16)31-22-7-4-12-28(15-22)23(29)18-5-3-6-21(14-18)30-20-10-8-19(25)9-11-20/h3,5-6,8-11,13-14,22H,4,7,12,15H2,1-2H3. The highest BCUT2D eigenvalue weighted by molar-refractivity contribution is 5.94. The summed E-state index contributed by atoms with van der Waals surface area (Å²) < 4.78 is 24.8. The lowest BCUT2D eigenvalue weighted by Gasteiger charge is -2.32. The number of nitrogens with zero attached hydrogens (tertiary/aromatic N) is 3. The Morgan fingerprint density at radius 3 is 2.52 bits per heavy atom. The molecule has 160 valence electrons. The molecular formula is C24H24FN3O3. The van der Waals surface area contributed by atoms with Crippen molar-refractivity contribution in [3.63, 3.8) is 0 Å². The molecule has 7 heteroatoms. The third-order valence-corrected chi connectivity index (χ3v) is 5.03. The minimum absolute atomic E-state index is 0.0841. The molecule has 1 aliphatic heterocycles. The van der Waals surface area contributed by atoms with Crippen LogP contribution in [0.4, 0.5) is 4.39 Å². The first-order valence-corrected chi connectivity index (χ1v) is 10.3. The van der Waals surface area contributed by atoms with Gasteiger partial charge in [-0.25, -0.2) is 14.4 Å². The molecule has 1 amide bonds. The first-order chi connectivity index (χ1) is 15.0. The number of amides is 1. The Bertz CT molecular complexity index is 1050. The second kappa shape index (κ2) is 9.12. The summed E-state index contributed by atoms with van der Waals surface area (Å²) in [5.74, 6) is 0.611. The first kappa shape index (κ1) is 20.8. The summed E-state index contributed by atoms with van der Waals surface area (Å²) in [7, 11) is 0. The van der Waals surface area contributed by atoms with Crippen LogP contribution in [0.25, 0.3) is 0 Å². The molecule has 0 spiro atoms. The van der Waals surface area contributed by atoms with Crippen LogP contribution in [0.5, 0.6) is 17.5 Å². The Labute approximate surface area is 180 Å². The maximum Gasteiger partial charge on any atom is 0.317 e. The number of aryl methyl sites for hydroxylation is 2. The zero-order valence-electron chi connectivity index (χ0n) is 17.5. The molecule has 1 unspecified atom stereocenters. The molecule has 0 saturated carbocycles. The summed E-state index contributed by atoms with van der Waals surface area (Å²) in [6.07, 6.45) is 1.53. The van der Waals surface area contributed by atoms with Crippen molar-refractivity contribution >= 4 is 5.91 Å². The second-order valence-electron chi connectivity index (χ2n) is 7.65. The highest BCUT2D eigenvalue weighted by atomic mass is 19.1. The molecule has 1 aliphatic rings. The van der Waals surface area contributed by atoms with Crippen LogP contribution in [-0.2, 0) is 0 Å². The molecular weight excluding hydrogens is 397 g/mol. The number of hydrogen-bond donors (Lipinski definition) is 0. The van der Waals surface area contributed by atoms with Crippen molar-refractivity contribution in [1.29, 1.82) is 0 Å². The van der Waals surface area contributed by atoms with E-state index in [4.69, 9.17) is 9.47 Å². The third-order valence-electron chi connectivity index (χ3n) is 5.03. The number of ether oxygens (including phenoxy) is 2. The quantitative estimate of drug-likeness (QED) is 0.597. The van der Waals surface area contributed by atoms with Gasteiger partial charge in [0.1, 0.15) is 23.4 Å². The monoisotopic (exact) mass is 421 g/mol. The fourth-order valence-corrected chi connectivity index (χ4v) is 3.63. The fourth-order valence-electron chi connectivity index (χ4n) is 3.63. The van der Waals surface area contributed by atoms with E-state index in [1.807, 2.05) is 19.9 Å². The highest BCUT2D eigenvalue weighted by Crippen LogP contribution is 2.24. The number of rotatable bonds is 5. The zero-order chi connectivity index (χ0) is 21.8. The molecule has 2 aromatic carbocycles. The molecule has 6 nitrogen and oxygen atoms in total. The van der Waals surface area contributed by atoms with Gasteiger partial charge in [-0.3, -0.25) is 4.79 Å². The average molecular weight is 421 g/mol. The van der Waals surface area contributed by atoms with E-state index in [2.05, 4.69) is 9.97 Å². The van der Waals surface area contributed by atoms with Crippen LogP contribution in [-0.4, -0.2) is 40.0 Å². The zero-order valence-corrected chi connectivity index (χ0v) is 17.5. The van der Waals surface area contributed by atoms with Gasteiger partial charge in [0.05, 0.1) is 6.54 Å². The van der Waals surface area contributed by atoms with E-state index in [-0.39, 0.29) is 17.8 Å². The van der Waals surface area contributed by atoms with Crippen molar-refractivity contribution in [2.24, 2.45) is 0 Å². The van der Waals surface area contributed by atoms with Gasteiger partial charge in [-0.05, 0) is 75.2 Å². The number of hydrogen-bond acceptors (Lipinski definition) is 5. The maximum atomic E-state index is 13.1. The summed E-state index contributed by atoms with van der Waals surface area (Å²) in [4.78, 5) is 23.5. The summed E-state index contributed by atoms with van der Waals surface area (Å²) in [6.45, 7) is 4.94. The third kappa shape index (κ3) is 5.36. The van der Waals surface area contributed by atoms with E-state index in [0.29, 0.717) is 36.2 Å². The first-order valence-electron chi connectivity index (χ1n) is 10.3. The van der Waals surface area contributed by atoms with Crippen LogP contribution in [0.15, 0.2) is 54.6 Å². The Balaban J connectivity index is 1.43. The Morgan fingerprint density at radius 1 is 1.03 bits per heavy atom. The lowest BCUT2D eigenvalue weighted by molar-refractivity contribution is 0.0514. The van der Waals surface area contributed by atoms with Crippen molar-refractivity contribution in [1.82, 2.24) is 14.9 Å². The number of benzene rings is 2. The van der Waals surface area contributed by atoms with E-state index in [0.717, 1.165) is 24.2 Å². The van der Waals surface area contributed by atoms with Crippen molar-refractivity contribution in [2.75, 3.05) is 13.1 Å². The topological polar surface area (TPSA) is 64.5 Å². The van der Waals surface area contributed by atoms with E-state index in [1.165, 1.54) is 12.1 Å². The molecule has 4 rings (SSSR count). The van der Waals surface area contributed by atoms with Crippen LogP contribution in [0.2, 0.25) is 0 Å². The van der Waals surface area contributed by atoms with Crippen molar-refractivity contribution in [3.05, 3.63) is 77.4 Å². The average Bonchev–Trinajstić information content (AvgIpc) is 2.74. The summed E-state index contributed by atoms with van der Waals surface area (Å²) >= 11 is 0. The van der Waals surface area contributed by atoms with Crippen molar-refractivity contribution in [2.45, 2.75) is 32.8 Å². The number of aromatic nitrogens is 2. The molecule has 0 radical (unpaired) electrons. The summed E-state index contributed by atoms with van der Waals surface area (Å²) in [5.41, 5.74) is 2.23. The van der Waals surface area contributed by atoms with Crippen molar-refractivity contribution < 1.29 is 18.7 Å². The van der Waals surface area contributed by atoms with Crippen LogP contribution in [0.1, 0.15) is 34.6 Å². The van der Waals surface area contributed by atoms with Gasteiger partial charge in [0.2, 0.25) is 0 Å². The van der Waals surface area contributed by atoms with Gasteiger partial charge in [-0.1, -0.05) is 6.07 Å². The number of carbonyl (C=O) groups is 1. The lowest BCUT2D eigenvalue weighted by atomic mass is 10.1. The lowest BCUT2D eigenvalue weighted by Crippen LogP contribution is -2.44.